The zero-order valence-electron chi connectivity index (χ0n) is 31.0. The minimum absolute atomic E-state index is 0.00605. The summed E-state index contributed by atoms with van der Waals surface area (Å²) in [4.78, 5) is 50.2. The van der Waals surface area contributed by atoms with Crippen LogP contribution in [0, 0.1) is 0 Å². The van der Waals surface area contributed by atoms with Crippen molar-refractivity contribution in [2.75, 3.05) is 39.0 Å². The van der Waals surface area contributed by atoms with Gasteiger partial charge in [-0.25, -0.2) is 0 Å². The molecule has 2 aliphatic heterocycles. The van der Waals surface area contributed by atoms with Gasteiger partial charge in [0.05, 0.1) is 29.7 Å². The number of carbonyl (C=O) groups is 3. The number of amides is 3. The summed E-state index contributed by atoms with van der Waals surface area (Å²) in [5.41, 5.74) is 6.97. The van der Waals surface area contributed by atoms with Crippen LogP contribution in [0.5, 0.6) is 0 Å². The molecule has 8 rings (SSSR count). The lowest BCUT2D eigenvalue weighted by molar-refractivity contribution is -0.0217. The van der Waals surface area contributed by atoms with Crippen molar-refractivity contribution in [3.05, 3.63) is 118 Å². The topological polar surface area (TPSA) is 103 Å². The molecule has 10 heteroatoms. The molecular formula is C43H51N7O3. The van der Waals surface area contributed by atoms with Crippen LogP contribution in [-0.4, -0.2) is 81.7 Å². The number of rotatable bonds is 10. The fourth-order valence-electron chi connectivity index (χ4n) is 8.78. The van der Waals surface area contributed by atoms with E-state index in [1.165, 1.54) is 62.0 Å². The van der Waals surface area contributed by atoms with Gasteiger partial charge in [0.2, 0.25) is 0 Å². The Morgan fingerprint density at radius 3 is 2.15 bits per heavy atom. The van der Waals surface area contributed by atoms with Crippen molar-refractivity contribution in [2.45, 2.75) is 88.5 Å². The van der Waals surface area contributed by atoms with E-state index in [0.29, 0.717) is 28.4 Å². The first-order valence-corrected chi connectivity index (χ1v) is 19.4. The van der Waals surface area contributed by atoms with E-state index in [0.717, 1.165) is 50.6 Å². The Kier molecular flexibility index (Phi) is 9.91. The second-order valence-corrected chi connectivity index (χ2v) is 15.7. The Balaban J connectivity index is 0.834. The molecule has 3 amide bonds. The number of nitrogens with one attached hydrogen (secondary N) is 2. The molecule has 2 saturated carbocycles. The average Bonchev–Trinajstić information content (AvgIpc) is 3.58. The molecule has 1 saturated heterocycles. The van der Waals surface area contributed by atoms with Gasteiger partial charge in [0, 0.05) is 56.6 Å². The number of carbonyl (C=O) groups excluding carboxylic acids is 3. The average molecular weight is 714 g/mol. The van der Waals surface area contributed by atoms with Gasteiger partial charge < -0.3 is 25.0 Å². The van der Waals surface area contributed by atoms with Gasteiger partial charge in [0.15, 0.2) is 0 Å². The van der Waals surface area contributed by atoms with Crippen molar-refractivity contribution in [3.8, 4) is 0 Å². The third kappa shape index (κ3) is 7.14. The van der Waals surface area contributed by atoms with Crippen LogP contribution in [0.3, 0.4) is 0 Å². The van der Waals surface area contributed by atoms with Gasteiger partial charge in [-0.2, -0.15) is 0 Å². The molecule has 276 valence electrons. The second-order valence-electron chi connectivity index (χ2n) is 15.7. The molecule has 10 nitrogen and oxygen atoms in total. The lowest BCUT2D eigenvalue weighted by atomic mass is 9.71. The largest absolute Gasteiger partial charge is 0.345 e. The van der Waals surface area contributed by atoms with Crippen molar-refractivity contribution < 1.29 is 14.4 Å². The molecule has 4 aromatic rings. The highest BCUT2D eigenvalue weighted by Crippen LogP contribution is 2.49. The molecule has 0 atom stereocenters. The molecule has 53 heavy (non-hydrogen) atoms. The van der Waals surface area contributed by atoms with Crippen LogP contribution >= 0.6 is 0 Å². The number of pyridine rings is 1. The number of likely N-dealkylation sites (tertiary alicyclic amines) is 1. The van der Waals surface area contributed by atoms with Crippen LogP contribution in [0.1, 0.15) is 111 Å². The van der Waals surface area contributed by atoms with Crippen molar-refractivity contribution in [1.82, 2.24) is 29.6 Å². The standard InChI is InChI=1S/C43H51N7O3/c1-47(2)42(53)34-9-7-30(8-10-34)29-49-25-26-50-38(17-18-39(50)43(49)21-4-22-43)41(52)45-27-35-15-16-36(28-44-35)46-40(51)33-13-11-31(12-14-33)32-19-23-48(24-20-32)37-5-3-6-37/h7-18,28,32,37H,3-6,19-27,29H2,1-2H3,(H,45,52)(H,46,51). The number of nitrogens with zero attached hydrogens (tertiary/aromatic N) is 5. The number of piperidine rings is 1. The Labute approximate surface area is 312 Å². The Hall–Kier alpha value is -4.80. The number of anilines is 1. The Bertz CT molecular complexity index is 1930. The highest BCUT2D eigenvalue weighted by molar-refractivity contribution is 6.04. The molecule has 2 N–H and O–H groups in total. The predicted octanol–water partition coefficient (Wildman–Crippen LogP) is 6.39. The van der Waals surface area contributed by atoms with Crippen LogP contribution < -0.4 is 10.6 Å². The summed E-state index contributed by atoms with van der Waals surface area (Å²) in [5, 5.41) is 6.03. The number of hydrogen-bond donors (Lipinski definition) is 2. The van der Waals surface area contributed by atoms with Gasteiger partial charge in [0.1, 0.15) is 5.69 Å². The zero-order valence-corrected chi connectivity index (χ0v) is 31.0. The van der Waals surface area contributed by atoms with Crippen LogP contribution in [0.25, 0.3) is 0 Å². The van der Waals surface area contributed by atoms with E-state index in [2.05, 4.69) is 60.3 Å². The van der Waals surface area contributed by atoms with Crippen LogP contribution in [0.15, 0.2) is 79.0 Å². The van der Waals surface area contributed by atoms with E-state index in [-0.39, 0.29) is 29.8 Å². The first-order valence-electron chi connectivity index (χ1n) is 19.4. The minimum atomic E-state index is -0.158. The third-order valence-electron chi connectivity index (χ3n) is 12.3. The fraction of sp³-hybridized carbons (Fsp3) is 0.442. The number of aromatic nitrogens is 2. The number of benzene rings is 2. The van der Waals surface area contributed by atoms with Gasteiger partial charge >= 0.3 is 0 Å². The molecule has 0 unspecified atom stereocenters. The normalized spacial score (nSPS) is 18.8. The molecule has 2 aromatic carbocycles. The fourth-order valence-corrected chi connectivity index (χ4v) is 8.78. The maximum absolute atomic E-state index is 13.5. The monoisotopic (exact) mass is 713 g/mol. The molecule has 0 bridgehead atoms. The van der Waals surface area contributed by atoms with Crippen LogP contribution in [-0.2, 0) is 25.2 Å². The van der Waals surface area contributed by atoms with Gasteiger partial charge in [-0.3, -0.25) is 24.3 Å². The van der Waals surface area contributed by atoms with E-state index in [1.807, 2.05) is 42.5 Å². The van der Waals surface area contributed by atoms with Gasteiger partial charge in [-0.15, -0.1) is 0 Å². The van der Waals surface area contributed by atoms with Gasteiger partial charge in [-0.05, 0) is 124 Å². The summed E-state index contributed by atoms with van der Waals surface area (Å²) in [7, 11) is 3.54. The molecule has 4 heterocycles. The number of fused-ring (bicyclic) bond motifs is 2. The van der Waals surface area contributed by atoms with Gasteiger partial charge in [0.25, 0.3) is 17.7 Å². The first kappa shape index (κ1) is 35.2. The van der Waals surface area contributed by atoms with E-state index in [9.17, 15) is 14.4 Å². The molecule has 0 radical (unpaired) electrons. The molecule has 2 aliphatic carbocycles. The minimum Gasteiger partial charge on any atom is -0.345 e. The van der Waals surface area contributed by atoms with Crippen molar-refractivity contribution >= 4 is 23.4 Å². The molecular weight excluding hydrogens is 663 g/mol. The molecule has 3 fully saturated rings. The highest BCUT2D eigenvalue weighted by atomic mass is 16.2. The second kappa shape index (κ2) is 14.9. The highest BCUT2D eigenvalue weighted by Gasteiger charge is 2.48. The van der Waals surface area contributed by atoms with Gasteiger partial charge in [-0.1, -0.05) is 30.7 Å². The predicted molar refractivity (Wildman–Crippen MR) is 206 cm³/mol. The summed E-state index contributed by atoms with van der Waals surface area (Å²) < 4.78 is 2.20. The number of hydrogen-bond acceptors (Lipinski definition) is 6. The SMILES string of the molecule is CN(C)C(=O)c1ccc(CN2CCn3c(C(=O)NCc4ccc(NC(=O)c5ccc(C6CCN(C7CCC7)CC6)cc5)cn4)ccc3C23CCC3)cc1. The Morgan fingerprint density at radius 2 is 1.53 bits per heavy atom. The Morgan fingerprint density at radius 1 is 0.792 bits per heavy atom. The van der Waals surface area contributed by atoms with Crippen molar-refractivity contribution in [1.29, 1.82) is 0 Å². The first-order chi connectivity index (χ1) is 25.8. The molecule has 2 aromatic heterocycles. The summed E-state index contributed by atoms with van der Waals surface area (Å²) in [6, 6.07) is 24.6. The summed E-state index contributed by atoms with van der Waals surface area (Å²) in [5.74, 6) is 0.296. The summed E-state index contributed by atoms with van der Waals surface area (Å²) >= 11 is 0. The smallest absolute Gasteiger partial charge is 0.268 e. The summed E-state index contributed by atoms with van der Waals surface area (Å²) in [6.45, 7) is 5.03. The van der Waals surface area contributed by atoms with Crippen molar-refractivity contribution in [2.24, 2.45) is 0 Å². The quantitative estimate of drug-likeness (QED) is 0.198. The van der Waals surface area contributed by atoms with Crippen LogP contribution in [0.4, 0.5) is 5.69 Å². The van der Waals surface area contributed by atoms with Crippen molar-refractivity contribution in [3.63, 3.8) is 0 Å². The third-order valence-corrected chi connectivity index (χ3v) is 12.3. The van der Waals surface area contributed by atoms with E-state index >= 15 is 0 Å². The lowest BCUT2D eigenvalue weighted by Gasteiger charge is -2.53. The molecule has 4 aliphatic rings. The maximum atomic E-state index is 13.5. The van der Waals surface area contributed by atoms with E-state index in [4.69, 9.17) is 0 Å². The van der Waals surface area contributed by atoms with Crippen LogP contribution in [0.2, 0.25) is 0 Å². The zero-order chi connectivity index (χ0) is 36.5. The molecule has 1 spiro atoms. The summed E-state index contributed by atoms with van der Waals surface area (Å²) in [6.07, 6.45) is 11.4. The van der Waals surface area contributed by atoms with E-state index < -0.39 is 0 Å². The lowest BCUT2D eigenvalue weighted by Crippen LogP contribution is -2.56. The maximum Gasteiger partial charge on any atom is 0.268 e. The van der Waals surface area contributed by atoms with E-state index in [1.54, 1.807) is 25.2 Å².